The number of benzene rings is 1. The van der Waals surface area contributed by atoms with Crippen molar-refractivity contribution in [1.29, 1.82) is 0 Å². The van der Waals surface area contributed by atoms with E-state index >= 15 is 0 Å². The number of aromatic nitrogens is 1. The number of carboxylic acid groups (broad SMARTS) is 1. The standard InChI is InChI=1S/C27H36N4O4/c32-24(19-7-2-1-3-8-19)26(33)30-23(27(34)35)15-18-31(22-13-14-22)17-5-4-10-21-12-11-20-9-6-16-28-25(20)29-21/h1-3,7-8,11-12,22-24,32H,4-6,9-10,13-18H2,(H,28,29)(H,30,33)(H,34,35)/t23-,24-/m0/s1. The van der Waals surface area contributed by atoms with Gasteiger partial charge in [0, 0.05) is 24.8 Å². The number of fused-ring (bicyclic) bond motifs is 1. The summed E-state index contributed by atoms with van der Waals surface area (Å²) < 4.78 is 0. The van der Waals surface area contributed by atoms with Gasteiger partial charge in [0.1, 0.15) is 11.9 Å². The summed E-state index contributed by atoms with van der Waals surface area (Å²) in [7, 11) is 0. The topological polar surface area (TPSA) is 115 Å². The third kappa shape index (κ3) is 7.26. The molecule has 8 nitrogen and oxygen atoms in total. The number of aliphatic carboxylic acids is 1. The van der Waals surface area contributed by atoms with Crippen LogP contribution in [-0.2, 0) is 22.4 Å². The predicted molar refractivity (Wildman–Crippen MR) is 134 cm³/mol. The number of aryl methyl sites for hydroxylation is 2. The maximum absolute atomic E-state index is 12.4. The Balaban J connectivity index is 1.23. The van der Waals surface area contributed by atoms with Crippen LogP contribution in [0.3, 0.4) is 0 Å². The highest BCUT2D eigenvalue weighted by molar-refractivity contribution is 5.86. The molecule has 0 saturated heterocycles. The molecular weight excluding hydrogens is 444 g/mol. The fraction of sp³-hybridized carbons (Fsp3) is 0.519. The van der Waals surface area contributed by atoms with Crippen LogP contribution in [0, 0.1) is 0 Å². The summed E-state index contributed by atoms with van der Waals surface area (Å²) >= 11 is 0. The number of anilines is 1. The molecule has 0 unspecified atom stereocenters. The van der Waals surface area contributed by atoms with E-state index in [2.05, 4.69) is 27.7 Å². The molecule has 1 aromatic carbocycles. The number of carbonyl (C=O) groups excluding carboxylic acids is 1. The maximum Gasteiger partial charge on any atom is 0.326 e. The molecule has 1 aliphatic heterocycles. The van der Waals surface area contributed by atoms with E-state index in [1.165, 1.54) is 5.56 Å². The SMILES string of the molecule is O=C(O)[C@H](CCN(CCCCc1ccc2c(n1)NCCC2)C1CC1)NC(=O)[C@@H](O)c1ccccc1. The lowest BCUT2D eigenvalue weighted by Crippen LogP contribution is -2.45. The minimum absolute atomic E-state index is 0.303. The smallest absolute Gasteiger partial charge is 0.326 e. The Morgan fingerprint density at radius 1 is 1.11 bits per heavy atom. The molecule has 4 rings (SSSR count). The first-order chi connectivity index (χ1) is 17.0. The van der Waals surface area contributed by atoms with E-state index in [-0.39, 0.29) is 0 Å². The van der Waals surface area contributed by atoms with Gasteiger partial charge in [-0.3, -0.25) is 4.79 Å². The molecule has 188 valence electrons. The molecule has 1 aromatic heterocycles. The van der Waals surface area contributed by atoms with Crippen molar-refractivity contribution in [3.63, 3.8) is 0 Å². The van der Waals surface area contributed by atoms with Crippen LogP contribution >= 0.6 is 0 Å². The molecule has 1 fully saturated rings. The van der Waals surface area contributed by atoms with Crippen molar-refractivity contribution in [3.8, 4) is 0 Å². The summed E-state index contributed by atoms with van der Waals surface area (Å²) in [5.41, 5.74) is 2.86. The van der Waals surface area contributed by atoms with Gasteiger partial charge in [0.25, 0.3) is 5.91 Å². The summed E-state index contributed by atoms with van der Waals surface area (Å²) in [4.78, 5) is 31.3. The third-order valence-corrected chi connectivity index (χ3v) is 6.83. The molecule has 0 radical (unpaired) electrons. The molecule has 0 bridgehead atoms. The molecule has 2 aliphatic rings. The molecule has 1 aliphatic carbocycles. The Hall–Kier alpha value is -2.97. The maximum atomic E-state index is 12.4. The van der Waals surface area contributed by atoms with Gasteiger partial charge in [-0.25, -0.2) is 9.78 Å². The zero-order chi connectivity index (χ0) is 24.6. The van der Waals surface area contributed by atoms with Crippen LogP contribution in [0.2, 0.25) is 0 Å². The van der Waals surface area contributed by atoms with Gasteiger partial charge in [0.15, 0.2) is 6.10 Å². The van der Waals surface area contributed by atoms with Gasteiger partial charge in [-0.1, -0.05) is 36.4 Å². The zero-order valence-electron chi connectivity index (χ0n) is 20.2. The average molecular weight is 481 g/mol. The normalized spacial score (nSPS) is 16.7. The van der Waals surface area contributed by atoms with Crippen LogP contribution in [0.15, 0.2) is 42.5 Å². The minimum atomic E-state index is -1.38. The Labute approximate surface area is 206 Å². The molecule has 2 atom stereocenters. The molecular formula is C27H36N4O4. The van der Waals surface area contributed by atoms with E-state index in [1.54, 1.807) is 30.3 Å². The van der Waals surface area contributed by atoms with Crippen molar-refractivity contribution in [2.24, 2.45) is 0 Å². The number of nitrogens with zero attached hydrogens (tertiary/aromatic N) is 2. The van der Waals surface area contributed by atoms with Crippen LogP contribution in [0.25, 0.3) is 0 Å². The van der Waals surface area contributed by atoms with Gasteiger partial charge in [-0.15, -0.1) is 0 Å². The number of aliphatic hydroxyl groups is 1. The number of unbranched alkanes of at least 4 members (excludes halogenated alkanes) is 1. The van der Waals surface area contributed by atoms with E-state index in [0.717, 1.165) is 69.5 Å². The first-order valence-electron chi connectivity index (χ1n) is 12.7. The molecule has 1 saturated carbocycles. The molecule has 4 N–H and O–H groups in total. The van der Waals surface area contributed by atoms with Gasteiger partial charge in [0.05, 0.1) is 0 Å². The third-order valence-electron chi connectivity index (χ3n) is 6.83. The molecule has 8 heteroatoms. The Morgan fingerprint density at radius 2 is 1.91 bits per heavy atom. The van der Waals surface area contributed by atoms with Gasteiger partial charge in [-0.2, -0.15) is 0 Å². The highest BCUT2D eigenvalue weighted by Crippen LogP contribution is 2.28. The van der Waals surface area contributed by atoms with Crippen LogP contribution in [-0.4, -0.2) is 63.7 Å². The van der Waals surface area contributed by atoms with Crippen LogP contribution in [0.4, 0.5) is 5.82 Å². The largest absolute Gasteiger partial charge is 0.480 e. The minimum Gasteiger partial charge on any atom is -0.480 e. The monoisotopic (exact) mass is 480 g/mol. The number of hydrogen-bond donors (Lipinski definition) is 4. The number of hydrogen-bond acceptors (Lipinski definition) is 6. The summed E-state index contributed by atoms with van der Waals surface area (Å²) in [6.45, 7) is 2.49. The van der Waals surface area contributed by atoms with Crippen LogP contribution < -0.4 is 10.6 Å². The number of aliphatic hydroxyl groups excluding tert-OH is 1. The fourth-order valence-corrected chi connectivity index (χ4v) is 4.64. The lowest BCUT2D eigenvalue weighted by Gasteiger charge is -2.24. The number of carbonyl (C=O) groups is 2. The van der Waals surface area contributed by atoms with E-state index in [0.29, 0.717) is 24.6 Å². The summed E-state index contributed by atoms with van der Waals surface area (Å²) in [5, 5.41) is 25.8. The Bertz CT molecular complexity index is 996. The quantitative estimate of drug-likeness (QED) is 0.326. The summed E-state index contributed by atoms with van der Waals surface area (Å²) in [5.74, 6) is -0.734. The predicted octanol–water partition coefficient (Wildman–Crippen LogP) is 2.92. The van der Waals surface area contributed by atoms with Crippen molar-refractivity contribution < 1.29 is 19.8 Å². The lowest BCUT2D eigenvalue weighted by molar-refractivity contribution is -0.143. The second kappa shape index (κ2) is 12.1. The van der Waals surface area contributed by atoms with E-state index < -0.39 is 24.0 Å². The second-order valence-electron chi connectivity index (χ2n) is 9.57. The van der Waals surface area contributed by atoms with Gasteiger partial charge >= 0.3 is 5.97 Å². The number of rotatable bonds is 13. The number of pyridine rings is 1. The second-order valence-corrected chi connectivity index (χ2v) is 9.57. The molecule has 2 aromatic rings. The molecule has 2 heterocycles. The first kappa shape index (κ1) is 25.1. The van der Waals surface area contributed by atoms with Crippen molar-refractivity contribution in [2.45, 2.75) is 69.6 Å². The first-order valence-corrected chi connectivity index (χ1v) is 12.7. The lowest BCUT2D eigenvalue weighted by atomic mass is 10.1. The van der Waals surface area contributed by atoms with Crippen molar-refractivity contribution in [2.75, 3.05) is 25.0 Å². The number of amides is 1. The molecule has 35 heavy (non-hydrogen) atoms. The van der Waals surface area contributed by atoms with Crippen molar-refractivity contribution in [3.05, 3.63) is 59.3 Å². The Morgan fingerprint density at radius 3 is 2.66 bits per heavy atom. The van der Waals surface area contributed by atoms with Gasteiger partial charge in [-0.05, 0) is 75.1 Å². The number of nitrogens with one attached hydrogen (secondary N) is 2. The summed E-state index contributed by atoms with van der Waals surface area (Å²) in [6.07, 6.45) is 6.40. The average Bonchev–Trinajstić information content (AvgIpc) is 3.72. The van der Waals surface area contributed by atoms with Crippen molar-refractivity contribution in [1.82, 2.24) is 15.2 Å². The molecule has 0 spiro atoms. The van der Waals surface area contributed by atoms with Crippen LogP contribution in [0.1, 0.15) is 61.4 Å². The van der Waals surface area contributed by atoms with Crippen molar-refractivity contribution >= 4 is 17.7 Å². The number of carboxylic acids is 1. The van der Waals surface area contributed by atoms with Crippen LogP contribution in [0.5, 0.6) is 0 Å². The highest BCUT2D eigenvalue weighted by Gasteiger charge is 2.31. The highest BCUT2D eigenvalue weighted by atomic mass is 16.4. The van der Waals surface area contributed by atoms with E-state index in [9.17, 15) is 19.8 Å². The summed E-state index contributed by atoms with van der Waals surface area (Å²) in [6, 6.07) is 12.3. The van der Waals surface area contributed by atoms with E-state index in [4.69, 9.17) is 4.98 Å². The van der Waals surface area contributed by atoms with Gasteiger partial charge in [0.2, 0.25) is 0 Å². The fourth-order valence-electron chi connectivity index (χ4n) is 4.64. The Kier molecular flexibility index (Phi) is 8.71. The molecule has 1 amide bonds. The van der Waals surface area contributed by atoms with E-state index in [1.807, 2.05) is 0 Å². The zero-order valence-corrected chi connectivity index (χ0v) is 20.2. The van der Waals surface area contributed by atoms with Gasteiger partial charge < -0.3 is 25.7 Å².